The summed E-state index contributed by atoms with van der Waals surface area (Å²) in [5.74, 6) is -0.318. The summed E-state index contributed by atoms with van der Waals surface area (Å²) in [5, 5.41) is 15.1. The van der Waals surface area contributed by atoms with E-state index in [2.05, 4.69) is 17.6 Å². The third-order valence-corrected chi connectivity index (χ3v) is 7.04. The van der Waals surface area contributed by atoms with Crippen LogP contribution in [0.5, 0.6) is 5.75 Å². The molecule has 0 aliphatic rings. The van der Waals surface area contributed by atoms with E-state index in [0.29, 0.717) is 12.2 Å². The van der Waals surface area contributed by atoms with Crippen molar-refractivity contribution in [3.05, 3.63) is 48.5 Å². The van der Waals surface area contributed by atoms with Crippen molar-refractivity contribution >= 4 is 17.5 Å². The van der Waals surface area contributed by atoms with E-state index >= 15 is 0 Å². The van der Waals surface area contributed by atoms with Crippen molar-refractivity contribution in [2.45, 2.75) is 116 Å². The zero-order chi connectivity index (χ0) is 27.3. The lowest BCUT2D eigenvalue weighted by Crippen LogP contribution is -2.28. The smallest absolute Gasteiger partial charge is 0.233 e. The number of aromatic hydroxyl groups is 1. The number of unbranched alkanes of at least 4 members (excludes halogenated alkanes) is 15. The van der Waals surface area contributed by atoms with Crippen LogP contribution in [0.4, 0.5) is 5.69 Å². The van der Waals surface area contributed by atoms with E-state index in [1.54, 1.807) is 12.1 Å². The molecule has 0 saturated carbocycles. The molecule has 0 radical (unpaired) electrons. The van der Waals surface area contributed by atoms with Crippen LogP contribution in [0, 0.1) is 0 Å². The van der Waals surface area contributed by atoms with Gasteiger partial charge in [-0.05, 0) is 41.8 Å². The zero-order valence-electron chi connectivity index (χ0n) is 23.6. The average molecular weight is 523 g/mol. The second-order valence-corrected chi connectivity index (χ2v) is 10.5. The SMILES string of the molecule is CCCCCCCCCCCCCCCCCCNC(=O)CC(=O)Nc1ccc(-c2ccc(O)cc2)cc1. The van der Waals surface area contributed by atoms with Crippen LogP contribution in [-0.4, -0.2) is 23.5 Å². The zero-order valence-corrected chi connectivity index (χ0v) is 23.6. The third-order valence-electron chi connectivity index (χ3n) is 7.04. The number of carbonyl (C=O) groups excluding carboxylic acids is 2. The normalized spacial score (nSPS) is 10.9. The van der Waals surface area contributed by atoms with Gasteiger partial charge < -0.3 is 15.7 Å². The lowest BCUT2D eigenvalue weighted by molar-refractivity contribution is -0.126. The van der Waals surface area contributed by atoms with Crippen LogP contribution in [0.25, 0.3) is 11.1 Å². The predicted octanol–water partition coefficient (Wildman–Crippen LogP) is 8.77. The maximum Gasteiger partial charge on any atom is 0.233 e. The number of nitrogens with one attached hydrogen (secondary N) is 2. The lowest BCUT2D eigenvalue weighted by Gasteiger charge is -2.08. The van der Waals surface area contributed by atoms with Gasteiger partial charge in [-0.25, -0.2) is 0 Å². The minimum Gasteiger partial charge on any atom is -0.508 e. The Kier molecular flexibility index (Phi) is 16.7. The molecule has 3 N–H and O–H groups in total. The van der Waals surface area contributed by atoms with Crippen LogP contribution in [-0.2, 0) is 9.59 Å². The number of phenolic OH excluding ortho intramolecular Hbond substituents is 1. The molecule has 0 spiro atoms. The Morgan fingerprint density at radius 2 is 1.00 bits per heavy atom. The summed E-state index contributed by atoms with van der Waals surface area (Å²) in [7, 11) is 0. The van der Waals surface area contributed by atoms with Crippen molar-refractivity contribution in [2.75, 3.05) is 11.9 Å². The van der Waals surface area contributed by atoms with Crippen LogP contribution in [0.2, 0.25) is 0 Å². The number of rotatable bonds is 21. The van der Waals surface area contributed by atoms with E-state index < -0.39 is 0 Å². The molecule has 5 heteroatoms. The summed E-state index contributed by atoms with van der Waals surface area (Å²) in [6.07, 6.45) is 21.1. The molecule has 0 heterocycles. The van der Waals surface area contributed by atoms with E-state index in [-0.39, 0.29) is 24.0 Å². The molecule has 0 fully saturated rings. The van der Waals surface area contributed by atoms with Gasteiger partial charge in [0.15, 0.2) is 0 Å². The van der Waals surface area contributed by atoms with Crippen molar-refractivity contribution < 1.29 is 14.7 Å². The van der Waals surface area contributed by atoms with Crippen molar-refractivity contribution in [3.8, 4) is 16.9 Å². The Morgan fingerprint density at radius 3 is 1.47 bits per heavy atom. The highest BCUT2D eigenvalue weighted by Crippen LogP contribution is 2.23. The first-order valence-corrected chi connectivity index (χ1v) is 15.0. The van der Waals surface area contributed by atoms with Crippen LogP contribution in [0.1, 0.15) is 116 Å². The summed E-state index contributed by atoms with van der Waals surface area (Å²) in [5.41, 5.74) is 2.62. The second kappa shape index (κ2) is 20.2. The van der Waals surface area contributed by atoms with Gasteiger partial charge in [0.05, 0.1) is 0 Å². The minimum atomic E-state index is -0.313. The standard InChI is InChI=1S/C33H50N2O3/c1-2-3-4-5-6-7-8-9-10-11-12-13-14-15-16-17-26-34-32(37)27-33(38)35-30-22-18-28(19-23-30)29-20-24-31(36)25-21-29/h18-25,36H,2-17,26-27H2,1H3,(H,34,37)(H,35,38). The number of benzene rings is 2. The number of hydrogen-bond acceptors (Lipinski definition) is 3. The van der Waals surface area contributed by atoms with Gasteiger partial charge >= 0.3 is 0 Å². The first-order chi connectivity index (χ1) is 18.6. The van der Waals surface area contributed by atoms with Gasteiger partial charge in [0.2, 0.25) is 11.8 Å². The predicted molar refractivity (Wildman–Crippen MR) is 159 cm³/mol. The lowest BCUT2D eigenvalue weighted by atomic mass is 10.0. The fourth-order valence-corrected chi connectivity index (χ4v) is 4.71. The average Bonchev–Trinajstić information content (AvgIpc) is 2.91. The quantitative estimate of drug-likeness (QED) is 0.113. The van der Waals surface area contributed by atoms with Crippen LogP contribution in [0.3, 0.4) is 0 Å². The Morgan fingerprint density at radius 1 is 0.579 bits per heavy atom. The maximum atomic E-state index is 12.2. The highest BCUT2D eigenvalue weighted by atomic mass is 16.3. The van der Waals surface area contributed by atoms with Gasteiger partial charge in [0, 0.05) is 12.2 Å². The molecule has 2 amide bonds. The first-order valence-electron chi connectivity index (χ1n) is 15.0. The summed E-state index contributed by atoms with van der Waals surface area (Å²) < 4.78 is 0. The summed E-state index contributed by atoms with van der Waals surface area (Å²) in [4.78, 5) is 24.3. The van der Waals surface area contributed by atoms with Crippen LogP contribution in [0.15, 0.2) is 48.5 Å². The van der Waals surface area contributed by atoms with Crippen molar-refractivity contribution in [1.82, 2.24) is 5.32 Å². The van der Waals surface area contributed by atoms with Gasteiger partial charge in [-0.3, -0.25) is 9.59 Å². The summed E-state index contributed by atoms with van der Waals surface area (Å²) >= 11 is 0. The first kappa shape index (κ1) is 31.4. The molecule has 0 unspecified atom stereocenters. The van der Waals surface area contributed by atoms with Crippen LogP contribution >= 0.6 is 0 Å². The summed E-state index contributed by atoms with van der Waals surface area (Å²) in [6, 6.07) is 14.4. The van der Waals surface area contributed by atoms with E-state index in [0.717, 1.165) is 24.0 Å². The minimum absolute atomic E-state index is 0.168. The molecule has 0 bridgehead atoms. The van der Waals surface area contributed by atoms with Crippen molar-refractivity contribution in [3.63, 3.8) is 0 Å². The Balaban J connectivity index is 1.41. The molecule has 0 aliphatic carbocycles. The molecule has 2 aromatic carbocycles. The summed E-state index contributed by atoms with van der Waals surface area (Å²) in [6.45, 7) is 2.90. The number of hydrogen-bond donors (Lipinski definition) is 3. The van der Waals surface area contributed by atoms with Gasteiger partial charge in [0.25, 0.3) is 0 Å². The van der Waals surface area contributed by atoms with E-state index in [1.807, 2.05) is 36.4 Å². The molecule has 2 rings (SSSR count). The van der Waals surface area contributed by atoms with E-state index in [1.165, 1.54) is 89.9 Å². The molecule has 2 aromatic rings. The molecule has 210 valence electrons. The van der Waals surface area contributed by atoms with Crippen LogP contribution < -0.4 is 10.6 Å². The van der Waals surface area contributed by atoms with Gasteiger partial charge in [-0.1, -0.05) is 128 Å². The molecular formula is C33H50N2O3. The molecule has 0 aromatic heterocycles. The number of carbonyl (C=O) groups is 2. The number of amides is 2. The highest BCUT2D eigenvalue weighted by molar-refractivity contribution is 6.03. The molecule has 38 heavy (non-hydrogen) atoms. The van der Waals surface area contributed by atoms with E-state index in [9.17, 15) is 14.7 Å². The highest BCUT2D eigenvalue weighted by Gasteiger charge is 2.09. The largest absolute Gasteiger partial charge is 0.508 e. The molecule has 5 nitrogen and oxygen atoms in total. The Hall–Kier alpha value is -2.82. The second-order valence-electron chi connectivity index (χ2n) is 10.5. The fourth-order valence-electron chi connectivity index (χ4n) is 4.71. The molecule has 0 saturated heterocycles. The van der Waals surface area contributed by atoms with Gasteiger partial charge in [0.1, 0.15) is 12.2 Å². The Labute approximate surface area is 230 Å². The van der Waals surface area contributed by atoms with E-state index in [4.69, 9.17) is 0 Å². The van der Waals surface area contributed by atoms with Crippen molar-refractivity contribution in [1.29, 1.82) is 0 Å². The topological polar surface area (TPSA) is 78.4 Å². The van der Waals surface area contributed by atoms with Gasteiger partial charge in [-0.15, -0.1) is 0 Å². The van der Waals surface area contributed by atoms with Crippen molar-refractivity contribution in [2.24, 2.45) is 0 Å². The molecule has 0 aliphatic heterocycles. The Bertz CT molecular complexity index is 893. The monoisotopic (exact) mass is 522 g/mol. The third kappa shape index (κ3) is 14.8. The molecule has 0 atom stereocenters. The number of phenols is 1. The fraction of sp³-hybridized carbons (Fsp3) is 0.576. The maximum absolute atomic E-state index is 12.2. The number of anilines is 1. The molecular weight excluding hydrogens is 472 g/mol. The van der Waals surface area contributed by atoms with Gasteiger partial charge in [-0.2, -0.15) is 0 Å².